The number of nitrogens with zero attached hydrogens (tertiary/aromatic N) is 1. The van der Waals surface area contributed by atoms with Gasteiger partial charge in [-0.1, -0.05) is 71.8 Å². The van der Waals surface area contributed by atoms with Crippen LogP contribution in [-0.2, 0) is 0 Å². The van der Waals surface area contributed by atoms with Gasteiger partial charge in [0, 0.05) is 17.3 Å². The molecule has 0 fully saturated rings. The second kappa shape index (κ2) is 9.87. The normalized spacial score (nSPS) is 15.6. The zero-order valence-electron chi connectivity index (χ0n) is 12.4. The molecule has 0 spiro atoms. The highest BCUT2D eigenvalue weighted by atomic mass is 14.7. The highest BCUT2D eigenvalue weighted by molar-refractivity contribution is 6.00. The van der Waals surface area contributed by atoms with Crippen molar-refractivity contribution in [1.29, 1.82) is 0 Å². The predicted octanol–water partition coefficient (Wildman–Crippen LogP) is 5.70. The maximum atomic E-state index is 4.45. The zero-order valence-corrected chi connectivity index (χ0v) is 12.4. The van der Waals surface area contributed by atoms with Crippen LogP contribution in [0.3, 0.4) is 0 Å². The van der Waals surface area contributed by atoms with E-state index in [-0.39, 0.29) is 5.41 Å². The molecule has 0 heterocycles. The Labute approximate surface area is 113 Å². The van der Waals surface area contributed by atoms with Gasteiger partial charge in [0.2, 0.25) is 0 Å². The third-order valence-corrected chi connectivity index (χ3v) is 3.60. The third kappa shape index (κ3) is 6.00. The summed E-state index contributed by atoms with van der Waals surface area (Å²) in [6.45, 7) is 14.2. The van der Waals surface area contributed by atoms with E-state index in [1.807, 2.05) is 6.08 Å². The molecule has 0 aromatic carbocycles. The van der Waals surface area contributed by atoms with Gasteiger partial charge < -0.3 is 0 Å². The molecule has 0 aromatic heterocycles. The maximum absolute atomic E-state index is 4.45. The third-order valence-electron chi connectivity index (χ3n) is 3.60. The van der Waals surface area contributed by atoms with Gasteiger partial charge in [-0.25, -0.2) is 0 Å². The predicted molar refractivity (Wildman–Crippen MR) is 84.1 cm³/mol. The summed E-state index contributed by atoms with van der Waals surface area (Å²) in [5.74, 6) is 0. The second-order valence-electron chi connectivity index (χ2n) is 5.02. The van der Waals surface area contributed by atoms with Crippen molar-refractivity contribution in [2.24, 2.45) is 10.4 Å². The van der Waals surface area contributed by atoms with Crippen LogP contribution in [0.5, 0.6) is 0 Å². The Bertz CT molecular complexity index is 299. The first kappa shape index (κ1) is 16.9. The highest BCUT2D eigenvalue weighted by Gasteiger charge is 2.26. The Morgan fingerprint density at radius 3 is 2.39 bits per heavy atom. The Hall–Kier alpha value is -1.11. The molecule has 0 aliphatic rings. The minimum Gasteiger partial charge on any atom is -0.261 e. The van der Waals surface area contributed by atoms with Gasteiger partial charge in [-0.3, -0.25) is 4.99 Å². The minimum atomic E-state index is 0.154. The fourth-order valence-electron chi connectivity index (χ4n) is 2.09. The van der Waals surface area contributed by atoms with E-state index in [2.05, 4.69) is 45.0 Å². The molecular formula is C17H29N. The summed E-state index contributed by atoms with van der Waals surface area (Å²) in [6, 6.07) is 0. The van der Waals surface area contributed by atoms with Gasteiger partial charge in [-0.05, 0) is 18.9 Å². The van der Waals surface area contributed by atoms with Crippen LogP contribution >= 0.6 is 0 Å². The molecule has 18 heavy (non-hydrogen) atoms. The molecule has 0 rings (SSSR count). The Morgan fingerprint density at radius 2 is 1.89 bits per heavy atom. The van der Waals surface area contributed by atoms with Gasteiger partial charge in [0.25, 0.3) is 0 Å². The first-order chi connectivity index (χ1) is 8.64. The lowest BCUT2D eigenvalue weighted by Crippen LogP contribution is -2.25. The Morgan fingerprint density at radius 1 is 1.17 bits per heavy atom. The summed E-state index contributed by atoms with van der Waals surface area (Å²) in [4.78, 5) is 4.45. The van der Waals surface area contributed by atoms with Crippen LogP contribution in [0.25, 0.3) is 0 Å². The smallest absolute Gasteiger partial charge is 0.0462 e. The van der Waals surface area contributed by atoms with Crippen LogP contribution < -0.4 is 0 Å². The van der Waals surface area contributed by atoms with Gasteiger partial charge in [0.05, 0.1) is 0 Å². The number of hydrogen-bond donors (Lipinski definition) is 0. The molecule has 0 aliphatic carbocycles. The van der Waals surface area contributed by atoms with Crippen LogP contribution in [0, 0.1) is 5.41 Å². The van der Waals surface area contributed by atoms with Gasteiger partial charge in [-0.15, -0.1) is 0 Å². The second-order valence-corrected chi connectivity index (χ2v) is 5.02. The van der Waals surface area contributed by atoms with Crippen molar-refractivity contribution in [1.82, 2.24) is 0 Å². The van der Waals surface area contributed by atoms with Gasteiger partial charge in [0.15, 0.2) is 0 Å². The van der Waals surface area contributed by atoms with E-state index in [0.717, 1.165) is 12.1 Å². The molecule has 0 aromatic rings. The topological polar surface area (TPSA) is 12.4 Å². The molecule has 0 N–H and O–H groups in total. The van der Waals surface area contributed by atoms with E-state index in [4.69, 9.17) is 0 Å². The van der Waals surface area contributed by atoms with Gasteiger partial charge in [0.1, 0.15) is 0 Å². The van der Waals surface area contributed by atoms with E-state index >= 15 is 0 Å². The number of aliphatic imine (C=N–C) groups is 1. The SMILES string of the molecule is C=C/C=C\C(=NC=C)C(C)(CC)CCCCCC. The van der Waals surface area contributed by atoms with E-state index in [1.165, 1.54) is 32.1 Å². The minimum absolute atomic E-state index is 0.154. The monoisotopic (exact) mass is 247 g/mol. The molecule has 0 amide bonds. The van der Waals surface area contributed by atoms with Crippen LogP contribution in [0.4, 0.5) is 0 Å². The van der Waals surface area contributed by atoms with Crippen molar-refractivity contribution in [3.8, 4) is 0 Å². The summed E-state index contributed by atoms with van der Waals surface area (Å²) in [5, 5.41) is 0. The van der Waals surface area contributed by atoms with Crippen molar-refractivity contribution in [2.75, 3.05) is 0 Å². The number of unbranched alkanes of at least 4 members (excludes halogenated alkanes) is 3. The Balaban J connectivity index is 4.73. The average molecular weight is 247 g/mol. The van der Waals surface area contributed by atoms with Crippen molar-refractivity contribution in [2.45, 2.75) is 59.3 Å². The molecule has 0 saturated heterocycles. The molecule has 0 radical (unpaired) electrons. The van der Waals surface area contributed by atoms with E-state index in [0.29, 0.717) is 0 Å². The maximum Gasteiger partial charge on any atom is 0.0462 e. The molecule has 0 aliphatic heterocycles. The first-order valence-electron chi connectivity index (χ1n) is 7.12. The molecule has 1 nitrogen and oxygen atoms in total. The lowest BCUT2D eigenvalue weighted by Gasteiger charge is -2.28. The molecule has 1 unspecified atom stereocenters. The van der Waals surface area contributed by atoms with E-state index in [9.17, 15) is 0 Å². The summed E-state index contributed by atoms with van der Waals surface area (Å²) in [7, 11) is 0. The zero-order chi connectivity index (χ0) is 13.9. The number of hydrogen-bond acceptors (Lipinski definition) is 1. The van der Waals surface area contributed by atoms with Crippen molar-refractivity contribution in [3.05, 3.63) is 37.6 Å². The largest absolute Gasteiger partial charge is 0.261 e. The molecule has 1 heteroatoms. The van der Waals surface area contributed by atoms with Crippen molar-refractivity contribution >= 4 is 5.71 Å². The summed E-state index contributed by atoms with van der Waals surface area (Å²) in [5.41, 5.74) is 1.28. The van der Waals surface area contributed by atoms with Crippen LogP contribution in [0.2, 0.25) is 0 Å². The lowest BCUT2D eigenvalue weighted by atomic mass is 9.77. The molecule has 0 saturated carbocycles. The van der Waals surface area contributed by atoms with E-state index in [1.54, 1.807) is 12.3 Å². The fourth-order valence-corrected chi connectivity index (χ4v) is 2.09. The molecular weight excluding hydrogens is 218 g/mol. The summed E-state index contributed by atoms with van der Waals surface area (Å²) >= 11 is 0. The standard InChI is InChI=1S/C17H29N/c1-6-10-12-13-15-17(5,8-3)16(18-9-4)14-11-7-2/h7,9,11,14H,2,4,6,8,10,12-13,15H2,1,3,5H3/b14-11-,18-16?. The first-order valence-corrected chi connectivity index (χ1v) is 7.12. The summed E-state index contributed by atoms with van der Waals surface area (Å²) < 4.78 is 0. The average Bonchev–Trinajstić information content (AvgIpc) is 2.39. The van der Waals surface area contributed by atoms with Crippen molar-refractivity contribution < 1.29 is 0 Å². The molecule has 1 atom stereocenters. The Kier molecular flexibility index (Phi) is 9.26. The molecule has 0 bridgehead atoms. The molecule has 102 valence electrons. The highest BCUT2D eigenvalue weighted by Crippen LogP contribution is 2.31. The van der Waals surface area contributed by atoms with Crippen LogP contribution in [0.1, 0.15) is 59.3 Å². The number of rotatable bonds is 10. The van der Waals surface area contributed by atoms with Crippen LogP contribution in [0.15, 0.2) is 42.6 Å². The van der Waals surface area contributed by atoms with Crippen molar-refractivity contribution in [3.63, 3.8) is 0 Å². The summed E-state index contributed by atoms with van der Waals surface area (Å²) in [6.07, 6.45) is 15.0. The van der Waals surface area contributed by atoms with Gasteiger partial charge in [-0.2, -0.15) is 0 Å². The lowest BCUT2D eigenvalue weighted by molar-refractivity contribution is 0.391. The quantitative estimate of drug-likeness (QED) is 0.267. The number of allylic oxidation sites excluding steroid dienone is 3. The fraction of sp³-hybridized carbons (Fsp3) is 0.588. The van der Waals surface area contributed by atoms with E-state index < -0.39 is 0 Å². The van der Waals surface area contributed by atoms with Gasteiger partial charge >= 0.3 is 0 Å². The van der Waals surface area contributed by atoms with Crippen LogP contribution in [-0.4, -0.2) is 5.71 Å².